The number of carbonyl (C=O) groups excluding carboxylic acids is 1. The first-order valence-corrected chi connectivity index (χ1v) is 9.93. The van der Waals surface area contributed by atoms with Crippen molar-refractivity contribution >= 4 is 52.1 Å². The van der Waals surface area contributed by atoms with Crippen molar-refractivity contribution in [1.29, 1.82) is 0 Å². The molecule has 0 radical (unpaired) electrons. The fraction of sp³-hybridized carbons (Fsp3) is 0.0476. The van der Waals surface area contributed by atoms with Gasteiger partial charge in [0.2, 0.25) is 0 Å². The van der Waals surface area contributed by atoms with Crippen molar-refractivity contribution in [3.8, 4) is 0 Å². The Bertz CT molecular complexity index is 980. The van der Waals surface area contributed by atoms with Crippen molar-refractivity contribution in [2.45, 2.75) is 9.79 Å². The summed E-state index contributed by atoms with van der Waals surface area (Å²) < 4.78 is 0. The Balaban J connectivity index is 1.60. The van der Waals surface area contributed by atoms with Crippen LogP contribution in [0.3, 0.4) is 0 Å². The number of nitrogens with two attached hydrogens (primary N) is 1. The lowest BCUT2D eigenvalue weighted by molar-refractivity contribution is -0.119. The number of amides is 1. The first kappa shape index (κ1) is 18.3. The average Bonchev–Trinajstić information content (AvgIpc) is 2.72. The molecule has 0 spiro atoms. The number of hydrogen-bond acceptors (Lipinski definition) is 4. The summed E-state index contributed by atoms with van der Waals surface area (Å²) in [5.74, 6) is -0.215. The smallest absolute Gasteiger partial charge is 0.258 e. The van der Waals surface area contributed by atoms with Gasteiger partial charge in [-0.1, -0.05) is 54.2 Å². The van der Waals surface area contributed by atoms with E-state index in [2.05, 4.69) is 17.6 Å². The number of carbonyl (C=O) groups is 1. The predicted octanol–water partition coefficient (Wildman–Crippen LogP) is 4.07. The van der Waals surface area contributed by atoms with Gasteiger partial charge in [0.15, 0.2) is 5.11 Å². The lowest BCUT2D eigenvalue weighted by atomic mass is 10.2. The van der Waals surface area contributed by atoms with E-state index in [9.17, 15) is 4.79 Å². The molecule has 0 bridgehead atoms. The summed E-state index contributed by atoms with van der Waals surface area (Å²) in [6.45, 7) is 0.139. The molecule has 1 heterocycles. The second-order valence-corrected chi connectivity index (χ2v) is 7.67. The highest BCUT2D eigenvalue weighted by Gasteiger charge is 2.25. The lowest BCUT2D eigenvalue weighted by Crippen LogP contribution is -2.51. The molecule has 140 valence electrons. The van der Waals surface area contributed by atoms with Crippen molar-refractivity contribution in [1.82, 2.24) is 5.43 Å². The number of nitrogens with one attached hydrogen (secondary N) is 1. The summed E-state index contributed by atoms with van der Waals surface area (Å²) in [5.41, 5.74) is 11.4. The molecule has 3 aromatic rings. The number of anilines is 3. The van der Waals surface area contributed by atoms with Crippen LogP contribution in [-0.2, 0) is 4.79 Å². The van der Waals surface area contributed by atoms with Gasteiger partial charge in [0, 0.05) is 9.79 Å². The fourth-order valence-corrected chi connectivity index (χ4v) is 4.33. The van der Waals surface area contributed by atoms with Crippen molar-refractivity contribution in [2.75, 3.05) is 16.5 Å². The van der Waals surface area contributed by atoms with E-state index >= 15 is 0 Å². The molecule has 1 amide bonds. The van der Waals surface area contributed by atoms with Crippen LogP contribution in [0.5, 0.6) is 0 Å². The molecule has 4 rings (SSSR count). The monoisotopic (exact) mass is 406 g/mol. The Kier molecular flexibility index (Phi) is 5.18. The number of thiocarbonyl (C=S) groups is 1. The van der Waals surface area contributed by atoms with Crippen LogP contribution in [-0.4, -0.2) is 17.6 Å². The highest BCUT2D eigenvalue weighted by Crippen LogP contribution is 2.47. The van der Waals surface area contributed by atoms with Crippen LogP contribution >= 0.6 is 24.0 Å². The first-order chi connectivity index (χ1) is 13.6. The number of benzene rings is 3. The second kappa shape index (κ2) is 7.92. The molecule has 3 N–H and O–H groups in total. The van der Waals surface area contributed by atoms with E-state index in [0.29, 0.717) is 5.69 Å². The molecule has 0 aromatic heterocycles. The standard InChI is InChI=1S/C21H18N4OS2/c22-21(27)25(15-8-2-1-3-9-15)23-20(26)14-24-16-10-4-6-12-18(16)28-19-13-7-5-11-17(19)24/h1-13H,14H2,(H2,22,27)(H,23,26). The van der Waals surface area contributed by atoms with Gasteiger partial charge in [-0.3, -0.25) is 10.2 Å². The summed E-state index contributed by atoms with van der Waals surface area (Å²) in [6.07, 6.45) is 0. The maximum Gasteiger partial charge on any atom is 0.258 e. The topological polar surface area (TPSA) is 61.6 Å². The minimum Gasteiger partial charge on any atom is -0.374 e. The summed E-state index contributed by atoms with van der Waals surface area (Å²) in [6, 6.07) is 25.4. The SMILES string of the molecule is NC(=S)N(NC(=O)CN1c2ccccc2Sc2ccccc21)c1ccccc1. The van der Waals surface area contributed by atoms with Crippen LogP contribution in [0.2, 0.25) is 0 Å². The van der Waals surface area contributed by atoms with Gasteiger partial charge < -0.3 is 10.6 Å². The van der Waals surface area contributed by atoms with E-state index in [1.807, 2.05) is 71.6 Å². The molecule has 0 saturated carbocycles. The Morgan fingerprint density at radius 2 is 1.46 bits per heavy atom. The third-order valence-corrected chi connectivity index (χ3v) is 5.62. The van der Waals surface area contributed by atoms with Crippen molar-refractivity contribution < 1.29 is 4.79 Å². The number of fused-ring (bicyclic) bond motifs is 2. The number of rotatable bonds is 3. The molecule has 7 heteroatoms. The molecule has 0 saturated heterocycles. The number of hydrazine groups is 1. The van der Waals surface area contributed by atoms with E-state index in [4.69, 9.17) is 18.0 Å². The molecular formula is C21H18N4OS2. The van der Waals surface area contributed by atoms with Crippen LogP contribution < -0.4 is 21.1 Å². The third kappa shape index (κ3) is 3.67. The Morgan fingerprint density at radius 3 is 2.04 bits per heavy atom. The van der Waals surface area contributed by atoms with Gasteiger partial charge in [0.05, 0.1) is 17.1 Å². The Hall–Kier alpha value is -3.03. The van der Waals surface area contributed by atoms with Gasteiger partial charge in [0.1, 0.15) is 6.54 Å². The van der Waals surface area contributed by atoms with E-state index in [0.717, 1.165) is 21.2 Å². The van der Waals surface area contributed by atoms with E-state index in [1.54, 1.807) is 11.8 Å². The average molecular weight is 407 g/mol. The van der Waals surface area contributed by atoms with E-state index in [1.165, 1.54) is 5.01 Å². The summed E-state index contributed by atoms with van der Waals surface area (Å²) in [7, 11) is 0. The third-order valence-electron chi connectivity index (χ3n) is 4.31. The van der Waals surface area contributed by atoms with E-state index in [-0.39, 0.29) is 17.6 Å². The van der Waals surface area contributed by atoms with Gasteiger partial charge in [-0.05, 0) is 48.6 Å². The Morgan fingerprint density at radius 1 is 0.929 bits per heavy atom. The minimum atomic E-state index is -0.215. The maximum absolute atomic E-state index is 12.9. The van der Waals surface area contributed by atoms with Gasteiger partial charge in [-0.15, -0.1) is 0 Å². The number of nitrogens with zero attached hydrogens (tertiary/aromatic N) is 2. The maximum atomic E-state index is 12.9. The number of para-hydroxylation sites is 3. The van der Waals surface area contributed by atoms with E-state index < -0.39 is 0 Å². The van der Waals surface area contributed by atoms with Crippen LogP contribution in [0.1, 0.15) is 0 Å². The molecule has 0 aliphatic carbocycles. The largest absolute Gasteiger partial charge is 0.374 e. The molecule has 0 unspecified atom stereocenters. The molecule has 3 aromatic carbocycles. The quantitative estimate of drug-likeness (QED) is 0.505. The zero-order valence-corrected chi connectivity index (χ0v) is 16.5. The van der Waals surface area contributed by atoms with Crippen LogP contribution in [0, 0.1) is 0 Å². The van der Waals surface area contributed by atoms with Crippen molar-refractivity contribution in [3.05, 3.63) is 78.9 Å². The summed E-state index contributed by atoms with van der Waals surface area (Å²) in [5, 5.41) is 1.50. The molecule has 28 heavy (non-hydrogen) atoms. The number of hydrogen-bond donors (Lipinski definition) is 2. The normalized spacial score (nSPS) is 11.9. The highest BCUT2D eigenvalue weighted by atomic mass is 32.2. The van der Waals surface area contributed by atoms with Gasteiger partial charge in [0.25, 0.3) is 5.91 Å². The molecule has 5 nitrogen and oxygen atoms in total. The summed E-state index contributed by atoms with van der Waals surface area (Å²) >= 11 is 6.82. The van der Waals surface area contributed by atoms with Gasteiger partial charge >= 0.3 is 0 Å². The van der Waals surface area contributed by atoms with Gasteiger partial charge in [-0.25, -0.2) is 5.01 Å². The molecule has 1 aliphatic rings. The minimum absolute atomic E-state index is 0.0783. The predicted molar refractivity (Wildman–Crippen MR) is 118 cm³/mol. The molecule has 0 fully saturated rings. The first-order valence-electron chi connectivity index (χ1n) is 8.71. The Labute approximate surface area is 173 Å². The van der Waals surface area contributed by atoms with Crippen LogP contribution in [0.15, 0.2) is 88.7 Å². The fourth-order valence-electron chi connectivity index (χ4n) is 3.08. The van der Waals surface area contributed by atoms with Crippen LogP contribution in [0.4, 0.5) is 17.1 Å². The van der Waals surface area contributed by atoms with Gasteiger partial charge in [-0.2, -0.15) is 0 Å². The zero-order chi connectivity index (χ0) is 19.5. The second-order valence-electron chi connectivity index (χ2n) is 6.17. The molecule has 0 atom stereocenters. The molecule has 1 aliphatic heterocycles. The lowest BCUT2D eigenvalue weighted by Gasteiger charge is -2.33. The summed E-state index contributed by atoms with van der Waals surface area (Å²) in [4.78, 5) is 17.1. The van der Waals surface area contributed by atoms with Crippen molar-refractivity contribution in [3.63, 3.8) is 0 Å². The molecular weight excluding hydrogens is 388 g/mol. The van der Waals surface area contributed by atoms with Crippen molar-refractivity contribution in [2.24, 2.45) is 5.73 Å². The zero-order valence-electron chi connectivity index (χ0n) is 14.9. The van der Waals surface area contributed by atoms with Crippen LogP contribution in [0.25, 0.3) is 0 Å². The highest BCUT2D eigenvalue weighted by molar-refractivity contribution is 7.99.